The molecular weight excluding hydrogens is 249 g/mol. The van der Waals surface area contributed by atoms with Gasteiger partial charge in [-0.3, -0.25) is 0 Å². The van der Waals surface area contributed by atoms with E-state index in [4.69, 9.17) is 0 Å². The molecule has 11 heavy (non-hydrogen) atoms. The van der Waals surface area contributed by atoms with E-state index in [0.29, 0.717) is 0 Å². The number of nitrogens with one attached hydrogen (secondary N) is 1. The van der Waals surface area contributed by atoms with Gasteiger partial charge in [0.15, 0.2) is 0 Å². The minimum Gasteiger partial charge on any atom is -0.350 e. The molecule has 1 nitrogen and oxygen atoms in total. The van der Waals surface area contributed by atoms with E-state index in [1.807, 2.05) is 0 Å². The summed E-state index contributed by atoms with van der Waals surface area (Å²) in [4.78, 5) is 3.29. The lowest BCUT2D eigenvalue weighted by molar-refractivity contribution is 1.39. The van der Waals surface area contributed by atoms with Crippen molar-refractivity contribution in [3.63, 3.8) is 0 Å². The largest absolute Gasteiger partial charge is 0.350 e. The third-order valence-corrected chi connectivity index (χ3v) is 2.33. The number of hydrogen-bond acceptors (Lipinski definition) is 0. The molecule has 0 radical (unpaired) electrons. The first-order valence-electron chi connectivity index (χ1n) is 3.50. The summed E-state index contributed by atoms with van der Waals surface area (Å²) in [5, 5.41) is 1.29. The zero-order chi connectivity index (χ0) is 7.84. The van der Waals surface area contributed by atoms with Crippen LogP contribution in [0.3, 0.4) is 0 Å². The van der Waals surface area contributed by atoms with Crippen molar-refractivity contribution in [2.75, 3.05) is 0 Å². The van der Waals surface area contributed by atoms with Crippen LogP contribution in [0, 0.1) is 10.6 Å². The lowest BCUT2D eigenvalue weighted by atomic mass is 10.2. The quantitative estimate of drug-likeness (QED) is 0.698. The van der Waals surface area contributed by atoms with Crippen molar-refractivity contribution in [3.05, 3.63) is 33.5 Å². The van der Waals surface area contributed by atoms with Crippen LogP contribution >= 0.6 is 22.6 Å². The molecule has 0 amide bonds. The third kappa shape index (κ3) is 1.27. The zero-order valence-electron chi connectivity index (χ0n) is 6.19. The van der Waals surface area contributed by atoms with E-state index < -0.39 is 0 Å². The molecule has 2 aromatic rings. The standard InChI is InChI=1S/C9H8IN/c1-6-2-3-7-5-9(10)11-8(7)4-6/h2-5,11H,1H3. The van der Waals surface area contributed by atoms with Gasteiger partial charge in [-0.2, -0.15) is 0 Å². The van der Waals surface area contributed by atoms with Crippen LogP contribution in [0.15, 0.2) is 24.3 Å². The van der Waals surface area contributed by atoms with Crippen LogP contribution in [-0.2, 0) is 0 Å². The monoisotopic (exact) mass is 257 g/mol. The van der Waals surface area contributed by atoms with E-state index in [0.717, 1.165) is 0 Å². The van der Waals surface area contributed by atoms with E-state index in [1.54, 1.807) is 0 Å². The van der Waals surface area contributed by atoms with Crippen LogP contribution in [-0.4, -0.2) is 4.98 Å². The summed E-state index contributed by atoms with van der Waals surface area (Å²) >= 11 is 2.29. The predicted octanol–water partition coefficient (Wildman–Crippen LogP) is 3.08. The topological polar surface area (TPSA) is 15.8 Å². The molecule has 0 aliphatic rings. The second kappa shape index (κ2) is 2.52. The molecule has 2 rings (SSSR count). The maximum Gasteiger partial charge on any atom is 0.0782 e. The van der Waals surface area contributed by atoms with E-state index in [-0.39, 0.29) is 0 Å². The Morgan fingerprint density at radius 2 is 2.09 bits per heavy atom. The van der Waals surface area contributed by atoms with Crippen molar-refractivity contribution < 1.29 is 0 Å². The summed E-state index contributed by atoms with van der Waals surface area (Å²) in [6, 6.07) is 8.59. The molecule has 0 unspecified atom stereocenters. The fourth-order valence-corrected chi connectivity index (χ4v) is 1.83. The number of aromatic amines is 1. The summed E-state index contributed by atoms with van der Waals surface area (Å²) in [6.45, 7) is 2.10. The molecule has 0 spiro atoms. The van der Waals surface area contributed by atoms with Gasteiger partial charge >= 0.3 is 0 Å². The Hall–Kier alpha value is -0.510. The van der Waals surface area contributed by atoms with E-state index >= 15 is 0 Å². The van der Waals surface area contributed by atoms with Gasteiger partial charge < -0.3 is 4.98 Å². The van der Waals surface area contributed by atoms with Crippen molar-refractivity contribution in [2.45, 2.75) is 6.92 Å². The molecule has 0 aliphatic carbocycles. The highest BCUT2D eigenvalue weighted by atomic mass is 127. The van der Waals surface area contributed by atoms with Crippen molar-refractivity contribution in [1.82, 2.24) is 4.98 Å². The summed E-state index contributed by atoms with van der Waals surface area (Å²) in [6.07, 6.45) is 0. The first-order chi connectivity index (χ1) is 5.25. The molecule has 0 saturated heterocycles. The molecular formula is C9H8IN. The number of hydrogen-bond donors (Lipinski definition) is 1. The number of aromatic nitrogens is 1. The van der Waals surface area contributed by atoms with Gasteiger partial charge in [-0.1, -0.05) is 12.1 Å². The van der Waals surface area contributed by atoms with Gasteiger partial charge in [0.05, 0.1) is 3.70 Å². The zero-order valence-corrected chi connectivity index (χ0v) is 8.34. The Balaban J connectivity index is 2.82. The van der Waals surface area contributed by atoms with Crippen molar-refractivity contribution in [3.8, 4) is 0 Å². The molecule has 1 aromatic heterocycles. The number of aryl methyl sites for hydroxylation is 1. The number of halogens is 1. The summed E-state index contributed by atoms with van der Waals surface area (Å²) in [5.41, 5.74) is 2.53. The molecule has 0 atom stereocenters. The van der Waals surface area contributed by atoms with Gasteiger partial charge in [-0.25, -0.2) is 0 Å². The number of H-pyrrole nitrogens is 1. The highest BCUT2D eigenvalue weighted by Gasteiger charge is 1.96. The second-order valence-corrected chi connectivity index (χ2v) is 3.87. The Bertz CT molecular complexity index is 389. The lowest BCUT2D eigenvalue weighted by Gasteiger charge is -1.90. The van der Waals surface area contributed by atoms with E-state index in [2.05, 4.69) is 58.8 Å². The highest BCUT2D eigenvalue weighted by molar-refractivity contribution is 14.1. The second-order valence-electron chi connectivity index (χ2n) is 2.71. The normalized spacial score (nSPS) is 10.7. The first kappa shape index (κ1) is 7.16. The Morgan fingerprint density at radius 1 is 1.27 bits per heavy atom. The van der Waals surface area contributed by atoms with Crippen LogP contribution in [0.25, 0.3) is 10.9 Å². The van der Waals surface area contributed by atoms with Crippen molar-refractivity contribution >= 4 is 33.5 Å². The molecule has 1 N–H and O–H groups in total. The van der Waals surface area contributed by atoms with Gasteiger partial charge in [-0.15, -0.1) is 0 Å². The maximum absolute atomic E-state index is 3.29. The summed E-state index contributed by atoms with van der Waals surface area (Å²) in [7, 11) is 0. The fourth-order valence-electron chi connectivity index (χ4n) is 1.21. The Morgan fingerprint density at radius 3 is 2.91 bits per heavy atom. The SMILES string of the molecule is Cc1ccc2cc(I)[nH]c2c1. The average molecular weight is 257 g/mol. The minimum absolute atomic E-state index is 1.20. The smallest absolute Gasteiger partial charge is 0.0782 e. The van der Waals surface area contributed by atoms with Crippen LogP contribution in [0.5, 0.6) is 0 Å². The lowest BCUT2D eigenvalue weighted by Crippen LogP contribution is -1.71. The summed E-state index contributed by atoms with van der Waals surface area (Å²) in [5.74, 6) is 0. The van der Waals surface area contributed by atoms with Crippen molar-refractivity contribution in [1.29, 1.82) is 0 Å². The van der Waals surface area contributed by atoms with E-state index in [9.17, 15) is 0 Å². The molecule has 1 heterocycles. The van der Waals surface area contributed by atoms with Gasteiger partial charge in [0.25, 0.3) is 0 Å². The third-order valence-electron chi connectivity index (χ3n) is 1.75. The number of benzene rings is 1. The van der Waals surface area contributed by atoms with Crippen LogP contribution in [0.4, 0.5) is 0 Å². The van der Waals surface area contributed by atoms with Crippen molar-refractivity contribution in [2.24, 2.45) is 0 Å². The maximum atomic E-state index is 3.29. The van der Waals surface area contributed by atoms with Crippen LogP contribution in [0.2, 0.25) is 0 Å². The minimum atomic E-state index is 1.20. The average Bonchev–Trinajstić information content (AvgIpc) is 2.27. The van der Waals surface area contributed by atoms with E-state index in [1.165, 1.54) is 20.2 Å². The van der Waals surface area contributed by atoms with Crippen LogP contribution in [0.1, 0.15) is 5.56 Å². The Kier molecular flexibility index (Phi) is 1.64. The van der Waals surface area contributed by atoms with Gasteiger partial charge in [-0.05, 0) is 47.2 Å². The highest BCUT2D eigenvalue weighted by Crippen LogP contribution is 2.17. The molecule has 0 fully saturated rings. The molecule has 56 valence electrons. The van der Waals surface area contributed by atoms with Gasteiger partial charge in [0.1, 0.15) is 0 Å². The Labute approximate surface area is 78.9 Å². The van der Waals surface area contributed by atoms with Crippen LogP contribution < -0.4 is 0 Å². The number of rotatable bonds is 0. The molecule has 0 saturated carbocycles. The summed E-state index contributed by atoms with van der Waals surface area (Å²) < 4.78 is 1.20. The predicted molar refractivity (Wildman–Crippen MR) is 55.8 cm³/mol. The molecule has 2 heteroatoms. The molecule has 0 aliphatic heterocycles. The number of fused-ring (bicyclic) bond motifs is 1. The molecule has 1 aromatic carbocycles. The first-order valence-corrected chi connectivity index (χ1v) is 4.58. The fraction of sp³-hybridized carbons (Fsp3) is 0.111. The van der Waals surface area contributed by atoms with Gasteiger partial charge in [0, 0.05) is 10.9 Å². The molecule has 0 bridgehead atoms. The van der Waals surface area contributed by atoms with Gasteiger partial charge in [0.2, 0.25) is 0 Å².